The van der Waals surface area contributed by atoms with Crippen LogP contribution < -0.4 is 20.1 Å². The van der Waals surface area contributed by atoms with Gasteiger partial charge in [-0.3, -0.25) is 4.79 Å². The molecule has 0 bridgehead atoms. The second kappa shape index (κ2) is 10.2. The van der Waals surface area contributed by atoms with Crippen LogP contribution in [0.5, 0.6) is 11.5 Å². The second-order valence-electron chi connectivity index (χ2n) is 6.39. The van der Waals surface area contributed by atoms with Gasteiger partial charge in [0.15, 0.2) is 29.7 Å². The number of hydrogen-bond acceptors (Lipinski definition) is 4. The Balaban J connectivity index is 0.00000280. The number of methoxy groups -OCH3 is 1. The van der Waals surface area contributed by atoms with Crippen molar-refractivity contribution in [1.29, 1.82) is 0 Å². The van der Waals surface area contributed by atoms with Crippen LogP contribution in [0.15, 0.2) is 42.5 Å². The van der Waals surface area contributed by atoms with Crippen molar-refractivity contribution in [1.82, 2.24) is 10.6 Å². The normalized spacial score (nSPS) is 18.7. The summed E-state index contributed by atoms with van der Waals surface area (Å²) in [7, 11) is 1.53. The topological polar surface area (TPSA) is 59.6 Å². The van der Waals surface area contributed by atoms with Crippen LogP contribution in [0.2, 0.25) is 0 Å². The molecule has 1 aliphatic rings. The number of halogens is 3. The Morgan fingerprint density at radius 3 is 2.64 bits per heavy atom. The summed E-state index contributed by atoms with van der Waals surface area (Å²) < 4.78 is 37.5. The molecular weight excluding hydrogens is 390 g/mol. The SMILES string of the molecule is COc1ccccc1OCC(=O)NC1CNCCC1c1ccc(F)c(F)c1.Cl. The zero-order valence-corrected chi connectivity index (χ0v) is 16.2. The van der Waals surface area contributed by atoms with Crippen LogP contribution >= 0.6 is 12.4 Å². The van der Waals surface area contributed by atoms with Crippen LogP contribution in [0.25, 0.3) is 0 Å². The lowest BCUT2D eigenvalue weighted by Gasteiger charge is -2.33. The Bertz CT molecular complexity index is 807. The average Bonchev–Trinajstić information content (AvgIpc) is 2.69. The van der Waals surface area contributed by atoms with Crippen molar-refractivity contribution < 1.29 is 23.0 Å². The standard InChI is InChI=1S/C20H22F2N2O3.ClH/c1-26-18-4-2-3-5-19(18)27-12-20(25)24-17-11-23-9-8-14(17)13-6-7-15(21)16(22)10-13;/h2-7,10,14,17,23H,8-9,11-12H2,1H3,(H,24,25);1H. The van der Waals surface area contributed by atoms with Crippen molar-refractivity contribution in [2.45, 2.75) is 18.4 Å². The maximum atomic E-state index is 13.6. The van der Waals surface area contributed by atoms with E-state index in [-0.39, 0.29) is 36.9 Å². The molecule has 2 aromatic carbocycles. The Morgan fingerprint density at radius 1 is 1.18 bits per heavy atom. The van der Waals surface area contributed by atoms with Crippen molar-refractivity contribution in [2.24, 2.45) is 0 Å². The number of carbonyl (C=O) groups is 1. The van der Waals surface area contributed by atoms with E-state index in [0.717, 1.165) is 12.6 Å². The number of nitrogens with one attached hydrogen (secondary N) is 2. The number of carbonyl (C=O) groups excluding carboxylic acids is 1. The molecule has 5 nitrogen and oxygen atoms in total. The van der Waals surface area contributed by atoms with Crippen LogP contribution in [0.3, 0.4) is 0 Å². The first-order valence-corrected chi connectivity index (χ1v) is 8.79. The minimum Gasteiger partial charge on any atom is -0.493 e. The molecule has 2 aromatic rings. The third-order valence-corrected chi connectivity index (χ3v) is 4.63. The van der Waals surface area contributed by atoms with Gasteiger partial charge < -0.3 is 20.1 Å². The number of hydrogen-bond donors (Lipinski definition) is 2. The monoisotopic (exact) mass is 412 g/mol. The number of benzene rings is 2. The Kier molecular flexibility index (Phi) is 8.02. The number of piperidine rings is 1. The van der Waals surface area contributed by atoms with Crippen LogP contribution in [-0.4, -0.2) is 38.8 Å². The zero-order chi connectivity index (χ0) is 19.2. The molecule has 0 saturated carbocycles. The van der Waals surface area contributed by atoms with Gasteiger partial charge in [-0.25, -0.2) is 8.78 Å². The molecule has 2 N–H and O–H groups in total. The summed E-state index contributed by atoms with van der Waals surface area (Å²) >= 11 is 0. The molecule has 1 heterocycles. The first-order valence-electron chi connectivity index (χ1n) is 8.79. The molecule has 28 heavy (non-hydrogen) atoms. The van der Waals surface area contributed by atoms with E-state index in [9.17, 15) is 13.6 Å². The quantitative estimate of drug-likeness (QED) is 0.765. The third kappa shape index (κ3) is 5.33. The predicted molar refractivity (Wildman–Crippen MR) is 104 cm³/mol. The third-order valence-electron chi connectivity index (χ3n) is 4.63. The fraction of sp³-hybridized carbons (Fsp3) is 0.350. The molecule has 0 aromatic heterocycles. The van der Waals surface area contributed by atoms with Crippen LogP contribution in [0, 0.1) is 11.6 Å². The fourth-order valence-electron chi connectivity index (χ4n) is 3.28. The molecular formula is C20H23ClF2N2O3. The summed E-state index contributed by atoms with van der Waals surface area (Å²) in [6, 6.07) is 10.7. The summed E-state index contributed by atoms with van der Waals surface area (Å²) in [5.41, 5.74) is 0.673. The van der Waals surface area contributed by atoms with E-state index in [2.05, 4.69) is 10.6 Å². The Hall–Kier alpha value is -2.38. The van der Waals surface area contributed by atoms with Gasteiger partial charge in [-0.15, -0.1) is 12.4 Å². The lowest BCUT2D eigenvalue weighted by Crippen LogP contribution is -2.51. The van der Waals surface area contributed by atoms with E-state index < -0.39 is 11.6 Å². The largest absolute Gasteiger partial charge is 0.493 e. The number of para-hydroxylation sites is 2. The van der Waals surface area contributed by atoms with E-state index in [1.807, 2.05) is 6.07 Å². The molecule has 1 aliphatic heterocycles. The predicted octanol–water partition coefficient (Wildman–Crippen LogP) is 3.04. The molecule has 0 spiro atoms. The molecule has 3 rings (SSSR count). The number of rotatable bonds is 6. The molecule has 8 heteroatoms. The maximum Gasteiger partial charge on any atom is 0.258 e. The summed E-state index contributed by atoms with van der Waals surface area (Å²) in [4.78, 5) is 12.3. The van der Waals surface area contributed by atoms with Crippen molar-refractivity contribution in [2.75, 3.05) is 26.8 Å². The second-order valence-corrected chi connectivity index (χ2v) is 6.39. The van der Waals surface area contributed by atoms with Gasteiger partial charge in [-0.2, -0.15) is 0 Å². The van der Waals surface area contributed by atoms with E-state index in [1.54, 1.807) is 24.3 Å². The van der Waals surface area contributed by atoms with Crippen LogP contribution in [0.1, 0.15) is 17.9 Å². The molecule has 0 radical (unpaired) electrons. The molecule has 1 saturated heterocycles. The van der Waals surface area contributed by atoms with E-state index in [4.69, 9.17) is 9.47 Å². The van der Waals surface area contributed by atoms with Crippen LogP contribution in [-0.2, 0) is 4.79 Å². The highest BCUT2D eigenvalue weighted by atomic mass is 35.5. The molecule has 2 unspecified atom stereocenters. The minimum atomic E-state index is -0.879. The van der Waals surface area contributed by atoms with Crippen molar-refractivity contribution in [3.8, 4) is 11.5 Å². The van der Waals surface area contributed by atoms with E-state index in [1.165, 1.54) is 13.2 Å². The summed E-state index contributed by atoms with van der Waals surface area (Å²) in [5, 5.41) is 6.14. The van der Waals surface area contributed by atoms with Gasteiger partial charge >= 0.3 is 0 Å². The Labute approximate surface area is 168 Å². The number of ether oxygens (including phenoxy) is 2. The van der Waals surface area contributed by atoms with E-state index >= 15 is 0 Å². The highest BCUT2D eigenvalue weighted by molar-refractivity contribution is 5.85. The van der Waals surface area contributed by atoms with E-state index in [0.29, 0.717) is 30.0 Å². The lowest BCUT2D eigenvalue weighted by molar-refractivity contribution is -0.124. The zero-order valence-electron chi connectivity index (χ0n) is 15.4. The Morgan fingerprint density at radius 2 is 1.93 bits per heavy atom. The highest BCUT2D eigenvalue weighted by Crippen LogP contribution is 2.28. The van der Waals surface area contributed by atoms with Gasteiger partial charge in [-0.1, -0.05) is 18.2 Å². The fourth-order valence-corrected chi connectivity index (χ4v) is 3.28. The summed E-state index contributed by atoms with van der Waals surface area (Å²) in [6.07, 6.45) is 0.712. The van der Waals surface area contributed by atoms with Gasteiger partial charge in [0, 0.05) is 18.5 Å². The van der Waals surface area contributed by atoms with Gasteiger partial charge in [0.2, 0.25) is 0 Å². The van der Waals surface area contributed by atoms with Gasteiger partial charge in [0.05, 0.1) is 7.11 Å². The lowest BCUT2D eigenvalue weighted by atomic mass is 9.86. The number of amides is 1. The minimum absolute atomic E-state index is 0. The molecule has 2 atom stereocenters. The highest BCUT2D eigenvalue weighted by Gasteiger charge is 2.28. The molecule has 152 valence electrons. The van der Waals surface area contributed by atoms with Crippen molar-refractivity contribution in [3.63, 3.8) is 0 Å². The molecule has 1 amide bonds. The smallest absolute Gasteiger partial charge is 0.258 e. The maximum absolute atomic E-state index is 13.6. The van der Waals surface area contributed by atoms with Gasteiger partial charge in [-0.05, 0) is 42.8 Å². The van der Waals surface area contributed by atoms with Crippen LogP contribution in [0.4, 0.5) is 8.78 Å². The van der Waals surface area contributed by atoms with Crippen molar-refractivity contribution >= 4 is 18.3 Å². The van der Waals surface area contributed by atoms with Gasteiger partial charge in [0.25, 0.3) is 5.91 Å². The summed E-state index contributed by atoms with van der Waals surface area (Å²) in [6.45, 7) is 1.12. The first-order chi connectivity index (χ1) is 13.1. The van der Waals surface area contributed by atoms with Gasteiger partial charge in [0.1, 0.15) is 0 Å². The molecule has 1 fully saturated rings. The first kappa shape index (κ1) is 21.9. The molecule has 0 aliphatic carbocycles. The summed E-state index contributed by atoms with van der Waals surface area (Å²) in [5.74, 6) is -1.12. The van der Waals surface area contributed by atoms with Crippen molar-refractivity contribution in [3.05, 3.63) is 59.7 Å². The average molecular weight is 413 g/mol.